The lowest BCUT2D eigenvalue weighted by molar-refractivity contribution is 0.0767. The number of hydrogen-bond donors (Lipinski definition) is 1. The molecule has 18 heavy (non-hydrogen) atoms. The first kappa shape index (κ1) is 12.8. The van der Waals surface area contributed by atoms with Crippen LogP contribution in [0.3, 0.4) is 0 Å². The molecule has 1 saturated heterocycles. The van der Waals surface area contributed by atoms with Gasteiger partial charge in [0.05, 0.1) is 6.61 Å². The van der Waals surface area contributed by atoms with Crippen molar-refractivity contribution in [2.45, 2.75) is 12.8 Å². The van der Waals surface area contributed by atoms with E-state index in [2.05, 4.69) is 9.88 Å². The minimum absolute atomic E-state index is 0.0215. The summed E-state index contributed by atoms with van der Waals surface area (Å²) in [6.45, 7) is 2.35. The molecule has 2 rings (SSSR count). The van der Waals surface area contributed by atoms with Gasteiger partial charge in [-0.05, 0) is 25.0 Å². The lowest BCUT2D eigenvalue weighted by Gasteiger charge is -2.19. The van der Waals surface area contributed by atoms with Crippen LogP contribution in [0.15, 0.2) is 18.3 Å². The molecule has 98 valence electrons. The summed E-state index contributed by atoms with van der Waals surface area (Å²) < 4.78 is 0. The van der Waals surface area contributed by atoms with Gasteiger partial charge in [0, 0.05) is 38.4 Å². The van der Waals surface area contributed by atoms with Gasteiger partial charge in [-0.2, -0.15) is 0 Å². The molecule has 1 aliphatic heterocycles. The first-order valence-corrected chi connectivity index (χ1v) is 6.29. The van der Waals surface area contributed by atoms with Crippen LogP contribution in [0.5, 0.6) is 0 Å². The maximum atomic E-state index is 12.1. The van der Waals surface area contributed by atoms with E-state index >= 15 is 0 Å². The molecule has 5 heteroatoms. The van der Waals surface area contributed by atoms with Gasteiger partial charge in [-0.1, -0.05) is 0 Å². The van der Waals surface area contributed by atoms with Crippen LogP contribution in [0, 0.1) is 0 Å². The zero-order valence-electron chi connectivity index (χ0n) is 10.7. The van der Waals surface area contributed by atoms with Crippen molar-refractivity contribution in [3.8, 4) is 0 Å². The molecule has 0 unspecified atom stereocenters. The van der Waals surface area contributed by atoms with Crippen molar-refractivity contribution < 1.29 is 9.90 Å². The van der Waals surface area contributed by atoms with Crippen molar-refractivity contribution in [1.29, 1.82) is 0 Å². The SMILES string of the molecule is CN(CCO)C(=O)c1ccnc(N2CCCC2)c1. The number of aliphatic hydroxyl groups excluding tert-OH is 1. The molecule has 0 radical (unpaired) electrons. The smallest absolute Gasteiger partial charge is 0.253 e. The van der Waals surface area contributed by atoms with E-state index in [4.69, 9.17) is 5.11 Å². The summed E-state index contributed by atoms with van der Waals surface area (Å²) >= 11 is 0. The molecular weight excluding hydrogens is 230 g/mol. The normalized spacial score (nSPS) is 14.9. The third-order valence-electron chi connectivity index (χ3n) is 3.20. The fraction of sp³-hybridized carbons (Fsp3) is 0.538. The van der Waals surface area contributed by atoms with Gasteiger partial charge < -0.3 is 14.9 Å². The number of aliphatic hydroxyl groups is 1. The molecule has 0 bridgehead atoms. The van der Waals surface area contributed by atoms with E-state index in [1.807, 2.05) is 6.07 Å². The molecule has 0 spiro atoms. The Morgan fingerprint density at radius 1 is 1.50 bits per heavy atom. The van der Waals surface area contributed by atoms with E-state index < -0.39 is 0 Å². The molecule has 1 amide bonds. The molecule has 0 aromatic carbocycles. The highest BCUT2D eigenvalue weighted by Crippen LogP contribution is 2.18. The monoisotopic (exact) mass is 249 g/mol. The molecule has 2 heterocycles. The minimum atomic E-state index is -0.0769. The summed E-state index contributed by atoms with van der Waals surface area (Å²) in [4.78, 5) is 20.1. The van der Waals surface area contributed by atoms with Gasteiger partial charge in [-0.15, -0.1) is 0 Å². The Morgan fingerprint density at radius 3 is 2.89 bits per heavy atom. The van der Waals surface area contributed by atoms with E-state index in [1.54, 1.807) is 19.3 Å². The Kier molecular flexibility index (Phi) is 4.15. The Labute approximate surface area is 107 Å². The Hall–Kier alpha value is -1.62. The maximum absolute atomic E-state index is 12.1. The van der Waals surface area contributed by atoms with Gasteiger partial charge in [0.1, 0.15) is 5.82 Å². The Bertz CT molecular complexity index is 416. The van der Waals surface area contributed by atoms with Gasteiger partial charge in [0.2, 0.25) is 0 Å². The van der Waals surface area contributed by atoms with E-state index in [1.165, 1.54) is 17.7 Å². The first-order valence-electron chi connectivity index (χ1n) is 6.29. The summed E-state index contributed by atoms with van der Waals surface area (Å²) in [7, 11) is 1.69. The molecule has 5 nitrogen and oxygen atoms in total. The van der Waals surface area contributed by atoms with Crippen LogP contribution < -0.4 is 4.90 Å². The predicted octanol–water partition coefficient (Wildman–Crippen LogP) is 0.746. The number of amides is 1. The number of anilines is 1. The average molecular weight is 249 g/mol. The van der Waals surface area contributed by atoms with Gasteiger partial charge >= 0.3 is 0 Å². The number of pyridine rings is 1. The molecule has 1 aromatic heterocycles. The number of likely N-dealkylation sites (N-methyl/N-ethyl adjacent to an activating group) is 1. The molecule has 0 atom stereocenters. The van der Waals surface area contributed by atoms with Gasteiger partial charge in [-0.3, -0.25) is 4.79 Å². The van der Waals surface area contributed by atoms with Crippen LogP contribution in [0.2, 0.25) is 0 Å². The average Bonchev–Trinajstić information content (AvgIpc) is 2.92. The largest absolute Gasteiger partial charge is 0.395 e. The van der Waals surface area contributed by atoms with E-state index in [0.717, 1.165) is 18.9 Å². The van der Waals surface area contributed by atoms with E-state index in [0.29, 0.717) is 12.1 Å². The number of nitrogens with zero attached hydrogens (tertiary/aromatic N) is 3. The van der Waals surface area contributed by atoms with Crippen molar-refractivity contribution >= 4 is 11.7 Å². The predicted molar refractivity (Wildman–Crippen MR) is 69.7 cm³/mol. The van der Waals surface area contributed by atoms with Gasteiger partial charge in [0.15, 0.2) is 0 Å². The van der Waals surface area contributed by atoms with E-state index in [9.17, 15) is 4.79 Å². The first-order chi connectivity index (χ1) is 8.72. The topological polar surface area (TPSA) is 56.7 Å². The van der Waals surface area contributed by atoms with Crippen LogP contribution in [0.25, 0.3) is 0 Å². The highest BCUT2D eigenvalue weighted by atomic mass is 16.3. The summed E-state index contributed by atoms with van der Waals surface area (Å²) in [5.74, 6) is 0.794. The molecule has 1 aromatic rings. The van der Waals surface area contributed by atoms with Crippen molar-refractivity contribution in [3.63, 3.8) is 0 Å². The molecule has 1 aliphatic rings. The van der Waals surface area contributed by atoms with Crippen LogP contribution >= 0.6 is 0 Å². The third-order valence-corrected chi connectivity index (χ3v) is 3.20. The van der Waals surface area contributed by atoms with Crippen LogP contribution in [0.4, 0.5) is 5.82 Å². The molecular formula is C13H19N3O2. The fourth-order valence-electron chi connectivity index (χ4n) is 2.14. The molecule has 1 N–H and O–H groups in total. The van der Waals surface area contributed by atoms with Gasteiger partial charge in [-0.25, -0.2) is 4.98 Å². The maximum Gasteiger partial charge on any atom is 0.253 e. The number of rotatable bonds is 4. The van der Waals surface area contributed by atoms with Crippen molar-refractivity contribution in [1.82, 2.24) is 9.88 Å². The van der Waals surface area contributed by atoms with Crippen molar-refractivity contribution in [2.24, 2.45) is 0 Å². The van der Waals surface area contributed by atoms with Crippen LogP contribution in [-0.4, -0.2) is 54.2 Å². The quantitative estimate of drug-likeness (QED) is 0.855. The molecule has 1 fully saturated rings. The number of aromatic nitrogens is 1. The zero-order chi connectivity index (χ0) is 13.0. The molecule has 0 aliphatic carbocycles. The summed E-state index contributed by atoms with van der Waals surface area (Å²) in [6.07, 6.45) is 4.04. The highest BCUT2D eigenvalue weighted by Gasteiger charge is 2.16. The lowest BCUT2D eigenvalue weighted by Crippen LogP contribution is -2.29. The van der Waals surface area contributed by atoms with Crippen molar-refractivity contribution in [2.75, 3.05) is 38.2 Å². The van der Waals surface area contributed by atoms with E-state index in [-0.39, 0.29) is 12.5 Å². The number of carbonyl (C=O) groups excluding carboxylic acids is 1. The highest BCUT2D eigenvalue weighted by molar-refractivity contribution is 5.94. The number of hydrogen-bond acceptors (Lipinski definition) is 4. The number of carbonyl (C=O) groups is 1. The molecule has 0 saturated carbocycles. The van der Waals surface area contributed by atoms with Crippen LogP contribution in [-0.2, 0) is 0 Å². The van der Waals surface area contributed by atoms with Gasteiger partial charge in [0.25, 0.3) is 5.91 Å². The van der Waals surface area contributed by atoms with Crippen molar-refractivity contribution in [3.05, 3.63) is 23.9 Å². The van der Waals surface area contributed by atoms with Crippen LogP contribution in [0.1, 0.15) is 23.2 Å². The Morgan fingerprint density at radius 2 is 2.22 bits per heavy atom. The summed E-state index contributed by atoms with van der Waals surface area (Å²) in [6, 6.07) is 3.55. The summed E-state index contributed by atoms with van der Waals surface area (Å²) in [5, 5.41) is 8.85. The minimum Gasteiger partial charge on any atom is -0.395 e. The fourth-order valence-corrected chi connectivity index (χ4v) is 2.14. The second-order valence-corrected chi connectivity index (χ2v) is 4.55. The third kappa shape index (κ3) is 2.79. The summed E-state index contributed by atoms with van der Waals surface area (Å²) in [5.41, 5.74) is 0.628. The second kappa shape index (κ2) is 5.82. The Balaban J connectivity index is 2.13. The lowest BCUT2D eigenvalue weighted by atomic mass is 10.2. The zero-order valence-corrected chi connectivity index (χ0v) is 10.7. The second-order valence-electron chi connectivity index (χ2n) is 4.55. The standard InChI is InChI=1S/C13H19N3O2/c1-15(8-9-17)13(18)11-4-5-14-12(10-11)16-6-2-3-7-16/h4-5,10,17H,2-3,6-9H2,1H3.